The maximum absolute atomic E-state index is 12.3. The zero-order valence-electron chi connectivity index (χ0n) is 16.2. The molecule has 0 saturated carbocycles. The lowest BCUT2D eigenvalue weighted by Crippen LogP contribution is -2.17. The van der Waals surface area contributed by atoms with Crippen LogP contribution in [0.15, 0.2) is 46.8 Å². The quantitative estimate of drug-likeness (QED) is 0.425. The Labute approximate surface area is 176 Å². The van der Waals surface area contributed by atoms with E-state index >= 15 is 0 Å². The average Bonchev–Trinajstić information content (AvgIpc) is 3.17. The average molecular weight is 429 g/mol. The Balaban J connectivity index is 1.58. The van der Waals surface area contributed by atoms with Crippen molar-refractivity contribution in [2.24, 2.45) is 0 Å². The third-order valence-electron chi connectivity index (χ3n) is 4.19. The number of aryl methyl sites for hydroxylation is 1. The number of rotatable bonds is 7. The molecule has 0 aliphatic heterocycles. The van der Waals surface area contributed by atoms with Crippen LogP contribution in [0, 0.1) is 13.8 Å². The first-order valence-electron chi connectivity index (χ1n) is 8.74. The van der Waals surface area contributed by atoms with Gasteiger partial charge in [-0.1, -0.05) is 47.4 Å². The first kappa shape index (κ1) is 20.8. The molecule has 1 amide bonds. The second-order valence-electron chi connectivity index (χ2n) is 6.12. The van der Waals surface area contributed by atoms with Gasteiger partial charge in [-0.2, -0.15) is 0 Å². The van der Waals surface area contributed by atoms with Crippen molar-refractivity contribution in [3.8, 4) is 0 Å². The number of nitrogens with zero attached hydrogens (tertiary/aromatic N) is 2. The third-order valence-corrected chi connectivity index (χ3v) is 6.16. The maximum Gasteiger partial charge on any atom is 0.339 e. The Morgan fingerprint density at radius 3 is 2.62 bits per heavy atom. The molecule has 9 heteroatoms. The number of para-hydroxylation sites is 1. The molecule has 2 N–H and O–H groups in total. The summed E-state index contributed by atoms with van der Waals surface area (Å²) in [5.41, 5.74) is 4.05. The van der Waals surface area contributed by atoms with Gasteiger partial charge in [0.1, 0.15) is 0 Å². The number of anilines is 3. The molecule has 7 nitrogen and oxygen atoms in total. The molecule has 0 saturated heterocycles. The second-order valence-corrected chi connectivity index (χ2v) is 8.32. The van der Waals surface area contributed by atoms with E-state index in [0.717, 1.165) is 11.3 Å². The first-order chi connectivity index (χ1) is 14.0. The fraction of sp³-hybridized carbons (Fsp3) is 0.200. The predicted octanol–water partition coefficient (Wildman–Crippen LogP) is 4.42. The smallest absolute Gasteiger partial charge is 0.339 e. The molecule has 29 heavy (non-hydrogen) atoms. The van der Waals surface area contributed by atoms with Crippen molar-refractivity contribution in [1.82, 2.24) is 10.2 Å². The van der Waals surface area contributed by atoms with Crippen LogP contribution in [0.5, 0.6) is 0 Å². The Morgan fingerprint density at radius 2 is 1.83 bits per heavy atom. The normalized spacial score (nSPS) is 10.4. The molecular formula is C20H20N4O3S2. The number of amides is 1. The summed E-state index contributed by atoms with van der Waals surface area (Å²) in [7, 11) is 1.30. The standard InChI is InChI=1S/C20H20N4O3S2/c1-12-7-6-10-15(13(12)2)22-19-23-24-20(29-19)28-11-17(25)21-16-9-5-4-8-14(16)18(26)27-3/h4-10H,11H2,1-3H3,(H,21,25)(H,22,23). The van der Waals surface area contributed by atoms with Gasteiger partial charge in [0.25, 0.3) is 0 Å². The number of hydrogen-bond donors (Lipinski definition) is 2. The van der Waals surface area contributed by atoms with Crippen molar-refractivity contribution in [3.63, 3.8) is 0 Å². The summed E-state index contributed by atoms with van der Waals surface area (Å²) in [4.78, 5) is 24.1. The summed E-state index contributed by atoms with van der Waals surface area (Å²) in [5.74, 6) is -0.599. The molecule has 1 aromatic heterocycles. The lowest BCUT2D eigenvalue weighted by molar-refractivity contribution is -0.113. The van der Waals surface area contributed by atoms with Gasteiger partial charge < -0.3 is 15.4 Å². The Bertz CT molecular complexity index is 1040. The summed E-state index contributed by atoms with van der Waals surface area (Å²) < 4.78 is 5.41. The number of carbonyl (C=O) groups excluding carboxylic acids is 2. The SMILES string of the molecule is COC(=O)c1ccccc1NC(=O)CSc1nnc(Nc2cccc(C)c2C)s1. The van der Waals surface area contributed by atoms with Crippen molar-refractivity contribution < 1.29 is 14.3 Å². The van der Waals surface area contributed by atoms with Crippen LogP contribution in [-0.2, 0) is 9.53 Å². The van der Waals surface area contributed by atoms with E-state index in [1.54, 1.807) is 24.3 Å². The van der Waals surface area contributed by atoms with Gasteiger partial charge in [0.2, 0.25) is 11.0 Å². The molecular weight excluding hydrogens is 408 g/mol. The van der Waals surface area contributed by atoms with Gasteiger partial charge in [-0.15, -0.1) is 10.2 Å². The molecule has 0 bridgehead atoms. The van der Waals surface area contributed by atoms with Crippen LogP contribution < -0.4 is 10.6 Å². The summed E-state index contributed by atoms with van der Waals surface area (Å²) in [6.07, 6.45) is 0. The highest BCUT2D eigenvalue weighted by Crippen LogP contribution is 2.29. The molecule has 0 spiro atoms. The maximum atomic E-state index is 12.3. The van der Waals surface area contributed by atoms with Crippen LogP contribution in [0.1, 0.15) is 21.5 Å². The topological polar surface area (TPSA) is 93.2 Å². The third kappa shape index (κ3) is 5.33. The summed E-state index contributed by atoms with van der Waals surface area (Å²) in [6, 6.07) is 12.7. The minimum absolute atomic E-state index is 0.146. The lowest BCUT2D eigenvalue weighted by Gasteiger charge is -2.09. The lowest BCUT2D eigenvalue weighted by atomic mass is 10.1. The van der Waals surface area contributed by atoms with Crippen molar-refractivity contribution >= 4 is 51.5 Å². The fourth-order valence-corrected chi connectivity index (χ4v) is 4.08. The number of esters is 1. The van der Waals surface area contributed by atoms with Crippen LogP contribution in [0.4, 0.5) is 16.5 Å². The predicted molar refractivity (Wildman–Crippen MR) is 116 cm³/mol. The Morgan fingerprint density at radius 1 is 1.07 bits per heavy atom. The second kappa shape index (κ2) is 9.53. The largest absolute Gasteiger partial charge is 0.465 e. The summed E-state index contributed by atoms with van der Waals surface area (Å²) >= 11 is 2.66. The Hall–Kier alpha value is -2.91. The van der Waals surface area contributed by atoms with Gasteiger partial charge in [-0.05, 0) is 43.2 Å². The monoisotopic (exact) mass is 428 g/mol. The molecule has 3 rings (SSSR count). The van der Waals surface area contributed by atoms with Gasteiger partial charge >= 0.3 is 5.97 Å². The molecule has 0 aliphatic rings. The molecule has 0 aliphatic carbocycles. The van der Waals surface area contributed by atoms with Crippen molar-refractivity contribution in [2.75, 3.05) is 23.5 Å². The number of thioether (sulfide) groups is 1. The van der Waals surface area contributed by atoms with Crippen molar-refractivity contribution in [3.05, 3.63) is 59.2 Å². The highest BCUT2D eigenvalue weighted by Gasteiger charge is 2.14. The first-order valence-corrected chi connectivity index (χ1v) is 10.5. The molecule has 0 fully saturated rings. The van der Waals surface area contributed by atoms with E-state index in [-0.39, 0.29) is 11.7 Å². The number of aromatic nitrogens is 2. The number of benzene rings is 2. The number of methoxy groups -OCH3 is 1. The van der Waals surface area contributed by atoms with Crippen LogP contribution >= 0.6 is 23.1 Å². The fourth-order valence-electron chi connectivity index (χ4n) is 2.51. The van der Waals surface area contributed by atoms with Crippen LogP contribution in [0.25, 0.3) is 0 Å². The molecule has 1 heterocycles. The van der Waals surface area contributed by atoms with Crippen LogP contribution in [0.3, 0.4) is 0 Å². The molecule has 150 valence electrons. The Kier molecular flexibility index (Phi) is 6.84. The highest BCUT2D eigenvalue weighted by atomic mass is 32.2. The van der Waals surface area contributed by atoms with Gasteiger partial charge in [-0.3, -0.25) is 4.79 Å². The van der Waals surface area contributed by atoms with E-state index in [1.165, 1.54) is 35.8 Å². The van der Waals surface area contributed by atoms with Crippen LogP contribution in [-0.4, -0.2) is 34.9 Å². The van der Waals surface area contributed by atoms with E-state index in [2.05, 4.69) is 33.8 Å². The molecule has 3 aromatic rings. The molecule has 2 aromatic carbocycles. The summed E-state index contributed by atoms with van der Waals surface area (Å²) in [6.45, 7) is 4.10. The highest BCUT2D eigenvalue weighted by molar-refractivity contribution is 8.01. The minimum atomic E-state index is -0.500. The molecule has 0 radical (unpaired) electrons. The molecule has 0 atom stereocenters. The van der Waals surface area contributed by atoms with E-state index in [4.69, 9.17) is 4.74 Å². The van der Waals surface area contributed by atoms with E-state index < -0.39 is 5.97 Å². The van der Waals surface area contributed by atoms with Crippen LogP contribution in [0.2, 0.25) is 0 Å². The van der Waals surface area contributed by atoms with Gasteiger partial charge in [0.15, 0.2) is 4.34 Å². The van der Waals surface area contributed by atoms with Gasteiger partial charge in [0, 0.05) is 5.69 Å². The summed E-state index contributed by atoms with van der Waals surface area (Å²) in [5, 5.41) is 14.9. The van der Waals surface area contributed by atoms with Gasteiger partial charge in [-0.25, -0.2) is 4.79 Å². The number of hydrogen-bond acceptors (Lipinski definition) is 8. The van der Waals surface area contributed by atoms with Gasteiger partial charge in [0.05, 0.1) is 24.1 Å². The number of ether oxygens (including phenoxy) is 1. The zero-order chi connectivity index (χ0) is 20.8. The van der Waals surface area contributed by atoms with Crippen molar-refractivity contribution in [2.45, 2.75) is 18.2 Å². The van der Waals surface area contributed by atoms with E-state index in [9.17, 15) is 9.59 Å². The van der Waals surface area contributed by atoms with E-state index in [1.807, 2.05) is 19.1 Å². The van der Waals surface area contributed by atoms with Crippen molar-refractivity contribution in [1.29, 1.82) is 0 Å². The number of nitrogens with one attached hydrogen (secondary N) is 2. The zero-order valence-corrected chi connectivity index (χ0v) is 17.8. The van der Waals surface area contributed by atoms with E-state index in [0.29, 0.717) is 20.7 Å². The molecule has 0 unspecified atom stereocenters. The number of carbonyl (C=O) groups is 2. The minimum Gasteiger partial charge on any atom is -0.465 e.